The highest BCUT2D eigenvalue weighted by Gasteiger charge is 2.15. The summed E-state index contributed by atoms with van der Waals surface area (Å²) >= 11 is 5.93. The van der Waals surface area contributed by atoms with Crippen LogP contribution in [0.25, 0.3) is 0 Å². The summed E-state index contributed by atoms with van der Waals surface area (Å²) in [5.74, 6) is -1.16. The quantitative estimate of drug-likeness (QED) is 0.810. The molecule has 5 nitrogen and oxygen atoms in total. The van der Waals surface area contributed by atoms with Crippen molar-refractivity contribution in [2.24, 2.45) is 0 Å². The van der Waals surface area contributed by atoms with Gasteiger partial charge in [0, 0.05) is 6.54 Å². The molecule has 0 aromatic heterocycles. The summed E-state index contributed by atoms with van der Waals surface area (Å²) in [5, 5.41) is 14.4. The molecule has 2 aromatic rings. The zero-order valence-electron chi connectivity index (χ0n) is 11.0. The second-order valence-corrected chi connectivity index (χ2v) is 4.67. The van der Waals surface area contributed by atoms with Gasteiger partial charge in [-0.3, -0.25) is 0 Å². The van der Waals surface area contributed by atoms with Crippen LogP contribution in [-0.4, -0.2) is 17.1 Å². The lowest BCUT2D eigenvalue weighted by Gasteiger charge is -2.11. The van der Waals surface area contributed by atoms with E-state index >= 15 is 0 Å². The Kier molecular flexibility index (Phi) is 4.79. The van der Waals surface area contributed by atoms with Crippen molar-refractivity contribution in [3.8, 4) is 0 Å². The summed E-state index contributed by atoms with van der Waals surface area (Å²) in [4.78, 5) is 22.9. The highest BCUT2D eigenvalue weighted by atomic mass is 35.5. The third-order valence-corrected chi connectivity index (χ3v) is 3.09. The van der Waals surface area contributed by atoms with Crippen molar-refractivity contribution >= 4 is 29.3 Å². The SMILES string of the molecule is O=C(NCc1ccccc1)Nc1c(Cl)cccc1C(=O)O. The predicted molar refractivity (Wildman–Crippen MR) is 80.7 cm³/mol. The highest BCUT2D eigenvalue weighted by Crippen LogP contribution is 2.25. The Morgan fingerprint density at radius 2 is 1.76 bits per heavy atom. The number of amides is 2. The first kappa shape index (κ1) is 14.9. The van der Waals surface area contributed by atoms with Gasteiger partial charge in [0.2, 0.25) is 0 Å². The summed E-state index contributed by atoms with van der Waals surface area (Å²) in [6.45, 7) is 0.333. The first-order chi connectivity index (χ1) is 10.1. The molecule has 0 atom stereocenters. The minimum absolute atomic E-state index is 0.0580. The highest BCUT2D eigenvalue weighted by molar-refractivity contribution is 6.34. The van der Waals surface area contributed by atoms with E-state index in [9.17, 15) is 9.59 Å². The number of benzene rings is 2. The van der Waals surface area contributed by atoms with Crippen molar-refractivity contribution in [3.05, 3.63) is 64.7 Å². The number of carbonyl (C=O) groups is 2. The van der Waals surface area contributed by atoms with Gasteiger partial charge >= 0.3 is 12.0 Å². The zero-order chi connectivity index (χ0) is 15.2. The molecule has 2 amide bonds. The lowest BCUT2D eigenvalue weighted by Crippen LogP contribution is -2.29. The van der Waals surface area contributed by atoms with Gasteiger partial charge in [-0.15, -0.1) is 0 Å². The number of carbonyl (C=O) groups excluding carboxylic acids is 1. The number of carboxylic acid groups (broad SMARTS) is 1. The Balaban J connectivity index is 2.05. The fourth-order valence-corrected chi connectivity index (χ4v) is 1.99. The molecule has 0 unspecified atom stereocenters. The molecule has 3 N–H and O–H groups in total. The standard InChI is InChI=1S/C15H13ClN2O3/c16-12-8-4-7-11(14(19)20)13(12)18-15(21)17-9-10-5-2-1-3-6-10/h1-8H,9H2,(H,19,20)(H2,17,18,21). The van der Waals surface area contributed by atoms with Crippen molar-refractivity contribution in [2.45, 2.75) is 6.54 Å². The third kappa shape index (κ3) is 3.97. The van der Waals surface area contributed by atoms with Crippen molar-refractivity contribution < 1.29 is 14.7 Å². The summed E-state index contributed by atoms with van der Waals surface area (Å²) < 4.78 is 0. The number of carboxylic acids is 1. The first-order valence-corrected chi connectivity index (χ1v) is 6.56. The fourth-order valence-electron chi connectivity index (χ4n) is 1.77. The van der Waals surface area contributed by atoms with Crippen LogP contribution in [0.2, 0.25) is 5.02 Å². The van der Waals surface area contributed by atoms with Crippen LogP contribution in [0.4, 0.5) is 10.5 Å². The van der Waals surface area contributed by atoms with E-state index in [1.165, 1.54) is 18.2 Å². The van der Waals surface area contributed by atoms with Crippen LogP contribution < -0.4 is 10.6 Å². The van der Waals surface area contributed by atoms with E-state index in [2.05, 4.69) is 10.6 Å². The molecule has 0 spiro atoms. The van der Waals surface area contributed by atoms with Gasteiger partial charge < -0.3 is 15.7 Å². The fraction of sp³-hybridized carbons (Fsp3) is 0.0667. The minimum atomic E-state index is -1.16. The molecule has 0 fully saturated rings. The average Bonchev–Trinajstić information content (AvgIpc) is 2.48. The van der Waals surface area contributed by atoms with Gasteiger partial charge in [-0.1, -0.05) is 48.0 Å². The normalized spacial score (nSPS) is 9.95. The van der Waals surface area contributed by atoms with E-state index in [0.29, 0.717) is 6.54 Å². The minimum Gasteiger partial charge on any atom is -0.478 e. The predicted octanol–water partition coefficient (Wildman–Crippen LogP) is 3.36. The van der Waals surface area contributed by atoms with Crippen molar-refractivity contribution in [3.63, 3.8) is 0 Å². The van der Waals surface area contributed by atoms with Crippen molar-refractivity contribution in [1.29, 1.82) is 0 Å². The number of nitrogens with one attached hydrogen (secondary N) is 2. The summed E-state index contributed by atoms with van der Waals surface area (Å²) in [6.07, 6.45) is 0. The Morgan fingerprint density at radius 1 is 1.05 bits per heavy atom. The Hall–Kier alpha value is -2.53. The number of aromatic carboxylic acids is 1. The number of rotatable bonds is 4. The maximum Gasteiger partial charge on any atom is 0.337 e. The molecule has 0 aliphatic heterocycles. The number of para-hydroxylation sites is 1. The van der Waals surface area contributed by atoms with Gasteiger partial charge in [0.1, 0.15) is 0 Å². The summed E-state index contributed by atoms with van der Waals surface area (Å²) in [5.41, 5.74) is 0.958. The molecule has 0 radical (unpaired) electrons. The second-order valence-electron chi connectivity index (χ2n) is 4.26. The summed E-state index contributed by atoms with van der Waals surface area (Å²) in [7, 11) is 0. The lowest BCUT2D eigenvalue weighted by molar-refractivity contribution is 0.0698. The van der Waals surface area contributed by atoms with E-state index in [0.717, 1.165) is 5.56 Å². The van der Waals surface area contributed by atoms with Gasteiger partial charge in [0.05, 0.1) is 16.3 Å². The third-order valence-electron chi connectivity index (χ3n) is 2.78. The van der Waals surface area contributed by atoms with Crippen LogP contribution >= 0.6 is 11.6 Å². The largest absolute Gasteiger partial charge is 0.478 e. The Bertz CT molecular complexity index is 659. The lowest BCUT2D eigenvalue weighted by atomic mass is 10.2. The van der Waals surface area contributed by atoms with Crippen LogP contribution in [0.3, 0.4) is 0 Å². The molecule has 0 saturated carbocycles. The van der Waals surface area contributed by atoms with Crippen molar-refractivity contribution in [2.75, 3.05) is 5.32 Å². The Morgan fingerprint density at radius 3 is 2.43 bits per heavy atom. The summed E-state index contributed by atoms with van der Waals surface area (Å²) in [6, 6.07) is 13.2. The van der Waals surface area contributed by atoms with E-state index < -0.39 is 12.0 Å². The van der Waals surface area contributed by atoms with Crippen molar-refractivity contribution in [1.82, 2.24) is 5.32 Å². The number of halogens is 1. The van der Waals surface area contributed by atoms with E-state index in [1.54, 1.807) is 0 Å². The van der Waals surface area contributed by atoms with Gasteiger partial charge in [0.15, 0.2) is 0 Å². The molecule has 0 bridgehead atoms. The second kappa shape index (κ2) is 6.76. The maximum absolute atomic E-state index is 11.8. The molecular formula is C15H13ClN2O3. The monoisotopic (exact) mass is 304 g/mol. The van der Waals surface area contributed by atoms with E-state index in [-0.39, 0.29) is 16.3 Å². The number of urea groups is 1. The zero-order valence-corrected chi connectivity index (χ0v) is 11.7. The number of hydrogen-bond donors (Lipinski definition) is 3. The van der Waals surface area contributed by atoms with Crippen LogP contribution in [0.5, 0.6) is 0 Å². The maximum atomic E-state index is 11.8. The molecule has 0 aliphatic carbocycles. The van der Waals surface area contributed by atoms with Crippen LogP contribution in [0, 0.1) is 0 Å². The molecular weight excluding hydrogens is 292 g/mol. The van der Waals surface area contributed by atoms with Crippen LogP contribution in [-0.2, 0) is 6.54 Å². The molecule has 6 heteroatoms. The van der Waals surface area contributed by atoms with Crippen LogP contribution in [0.1, 0.15) is 15.9 Å². The van der Waals surface area contributed by atoms with Crippen LogP contribution in [0.15, 0.2) is 48.5 Å². The Labute approximate surface area is 126 Å². The average molecular weight is 305 g/mol. The van der Waals surface area contributed by atoms with Gasteiger partial charge in [-0.25, -0.2) is 9.59 Å². The molecule has 0 heterocycles. The molecule has 0 saturated heterocycles. The molecule has 21 heavy (non-hydrogen) atoms. The molecule has 2 rings (SSSR count). The van der Waals surface area contributed by atoms with E-state index in [4.69, 9.17) is 16.7 Å². The van der Waals surface area contributed by atoms with Gasteiger partial charge in [-0.05, 0) is 17.7 Å². The molecule has 2 aromatic carbocycles. The topological polar surface area (TPSA) is 78.4 Å². The first-order valence-electron chi connectivity index (χ1n) is 6.18. The number of anilines is 1. The van der Waals surface area contributed by atoms with E-state index in [1.807, 2.05) is 30.3 Å². The smallest absolute Gasteiger partial charge is 0.337 e. The molecule has 0 aliphatic rings. The number of hydrogen-bond acceptors (Lipinski definition) is 2. The van der Waals surface area contributed by atoms with Gasteiger partial charge in [0.25, 0.3) is 0 Å². The van der Waals surface area contributed by atoms with Gasteiger partial charge in [-0.2, -0.15) is 0 Å². The molecule has 108 valence electrons.